The lowest BCUT2D eigenvalue weighted by Crippen LogP contribution is -2.55. The molecule has 0 aliphatic carbocycles. The lowest BCUT2D eigenvalue weighted by atomic mass is 10.1. The van der Waals surface area contributed by atoms with Crippen LogP contribution < -0.4 is 0 Å². The molecule has 1 atom stereocenters. The van der Waals surface area contributed by atoms with E-state index in [9.17, 15) is 14.0 Å². The van der Waals surface area contributed by atoms with E-state index in [1.54, 1.807) is 28.0 Å². The molecule has 1 fully saturated rings. The molecule has 0 radical (unpaired) electrons. The fraction of sp³-hybridized carbons (Fsp3) is 0.263. The number of hydrogen-bond acceptors (Lipinski definition) is 5. The molecule has 1 aliphatic rings. The average molecular weight is 541 g/mol. The molecule has 2 amide bonds. The highest BCUT2D eigenvalue weighted by Crippen LogP contribution is 2.28. The average Bonchev–Trinajstić information content (AvgIpc) is 3.34. The van der Waals surface area contributed by atoms with E-state index < -0.39 is 5.82 Å². The molecule has 0 bridgehead atoms. The van der Waals surface area contributed by atoms with Crippen molar-refractivity contribution in [3.63, 3.8) is 0 Å². The Kier molecular flexibility index (Phi) is 5.74. The van der Waals surface area contributed by atoms with Gasteiger partial charge in [0.25, 0.3) is 11.8 Å². The minimum Gasteiger partial charge on any atom is -0.443 e. The number of furan rings is 1. The van der Waals surface area contributed by atoms with Gasteiger partial charge in [0.1, 0.15) is 12.1 Å². The van der Waals surface area contributed by atoms with E-state index in [4.69, 9.17) is 4.42 Å². The number of carbonyl (C=O) groups is 2. The Balaban J connectivity index is 1.44. The van der Waals surface area contributed by atoms with Gasteiger partial charge in [-0.2, -0.15) is 0 Å². The van der Waals surface area contributed by atoms with Crippen molar-refractivity contribution in [1.82, 2.24) is 24.6 Å². The zero-order chi connectivity index (χ0) is 21.4. The first-order valence-corrected chi connectivity index (χ1v) is 10.6. The number of nitrogens with zero attached hydrogens (tertiary/aromatic N) is 5. The van der Waals surface area contributed by atoms with Crippen molar-refractivity contribution in [1.29, 1.82) is 0 Å². The Morgan fingerprint density at radius 3 is 2.67 bits per heavy atom. The number of rotatable bonds is 3. The summed E-state index contributed by atoms with van der Waals surface area (Å²) in [5, 5.41) is 4.18. The number of amides is 2. The molecule has 0 saturated carbocycles. The topological polar surface area (TPSA) is 84.5 Å². The van der Waals surface area contributed by atoms with Crippen LogP contribution in [0.2, 0.25) is 0 Å². The molecular formula is C19H16Br2FN5O3. The second-order valence-electron chi connectivity index (χ2n) is 6.82. The molecule has 11 heteroatoms. The molecular weight excluding hydrogens is 525 g/mol. The second kappa shape index (κ2) is 8.31. The van der Waals surface area contributed by atoms with E-state index in [0.717, 1.165) is 0 Å². The summed E-state index contributed by atoms with van der Waals surface area (Å²) in [6.45, 7) is 2.89. The van der Waals surface area contributed by atoms with Gasteiger partial charge in [0.2, 0.25) is 5.82 Å². The predicted molar refractivity (Wildman–Crippen MR) is 112 cm³/mol. The number of aromatic nitrogens is 3. The highest BCUT2D eigenvalue weighted by Gasteiger charge is 2.33. The monoisotopic (exact) mass is 539 g/mol. The fourth-order valence-electron chi connectivity index (χ4n) is 3.28. The molecule has 8 nitrogen and oxygen atoms in total. The van der Waals surface area contributed by atoms with Crippen LogP contribution in [0.4, 0.5) is 4.39 Å². The smallest absolute Gasteiger partial charge is 0.293 e. The minimum atomic E-state index is -0.402. The molecule has 30 heavy (non-hydrogen) atoms. The van der Waals surface area contributed by atoms with Crippen molar-refractivity contribution in [2.45, 2.75) is 13.0 Å². The highest BCUT2D eigenvalue weighted by molar-refractivity contribution is 9.13. The van der Waals surface area contributed by atoms with E-state index in [1.807, 2.05) is 6.92 Å². The molecule has 3 heterocycles. The van der Waals surface area contributed by atoms with Gasteiger partial charge in [-0.3, -0.25) is 9.59 Å². The van der Waals surface area contributed by atoms with Crippen molar-refractivity contribution in [3.05, 3.63) is 63.2 Å². The summed E-state index contributed by atoms with van der Waals surface area (Å²) in [7, 11) is 0. The molecule has 4 rings (SSSR count). The van der Waals surface area contributed by atoms with E-state index in [1.165, 1.54) is 23.1 Å². The lowest BCUT2D eigenvalue weighted by molar-refractivity contribution is 0.0389. The van der Waals surface area contributed by atoms with Gasteiger partial charge in [0.15, 0.2) is 10.4 Å². The first kappa shape index (κ1) is 20.7. The van der Waals surface area contributed by atoms with Gasteiger partial charge in [-0.25, -0.2) is 14.1 Å². The molecule has 3 aromatic rings. The van der Waals surface area contributed by atoms with Crippen LogP contribution in [0.15, 0.2) is 50.2 Å². The van der Waals surface area contributed by atoms with Crippen LogP contribution in [-0.4, -0.2) is 62.1 Å². The Morgan fingerprint density at radius 2 is 2.00 bits per heavy atom. The third-order valence-corrected chi connectivity index (χ3v) is 6.50. The van der Waals surface area contributed by atoms with E-state index in [-0.39, 0.29) is 29.4 Å². The maximum atomic E-state index is 13.4. The summed E-state index contributed by atoms with van der Waals surface area (Å²) in [4.78, 5) is 32.9. The number of carbonyl (C=O) groups excluding carboxylic acids is 2. The van der Waals surface area contributed by atoms with Gasteiger partial charge in [-0.15, -0.1) is 5.10 Å². The molecule has 1 saturated heterocycles. The van der Waals surface area contributed by atoms with Crippen molar-refractivity contribution in [2.75, 3.05) is 19.6 Å². The van der Waals surface area contributed by atoms with Crippen LogP contribution in [0.5, 0.6) is 0 Å². The lowest BCUT2D eigenvalue weighted by Gasteiger charge is -2.39. The third-order valence-electron chi connectivity index (χ3n) is 4.79. The minimum absolute atomic E-state index is 0.0186. The van der Waals surface area contributed by atoms with Gasteiger partial charge < -0.3 is 14.2 Å². The zero-order valence-electron chi connectivity index (χ0n) is 15.8. The quantitative estimate of drug-likeness (QED) is 0.507. The Morgan fingerprint density at radius 1 is 1.20 bits per heavy atom. The maximum Gasteiger partial charge on any atom is 0.293 e. The van der Waals surface area contributed by atoms with Crippen LogP contribution >= 0.6 is 31.9 Å². The van der Waals surface area contributed by atoms with Crippen LogP contribution in [0, 0.1) is 5.82 Å². The normalized spacial score (nSPS) is 16.7. The molecule has 1 aliphatic heterocycles. The fourth-order valence-corrected chi connectivity index (χ4v) is 3.86. The highest BCUT2D eigenvalue weighted by atomic mass is 79.9. The number of hydrogen-bond donors (Lipinski definition) is 0. The largest absolute Gasteiger partial charge is 0.443 e. The first-order chi connectivity index (χ1) is 14.3. The van der Waals surface area contributed by atoms with E-state index >= 15 is 0 Å². The Hall–Kier alpha value is -2.53. The summed E-state index contributed by atoms with van der Waals surface area (Å²) in [5.74, 6) is -0.746. The standard InChI is InChI=1S/C19H16Br2FN5O3/c1-11-9-25(5-6-26(11)18(28)15-8-14(20)16(21)30-15)19(29)17-23-10-27(24-17)13-4-2-3-12(22)7-13/h2-4,7-8,10-11H,5-6,9H2,1H3. The molecule has 1 aromatic carbocycles. The van der Waals surface area contributed by atoms with E-state index in [2.05, 4.69) is 41.9 Å². The summed E-state index contributed by atoms with van der Waals surface area (Å²) in [6, 6.07) is 7.25. The molecule has 0 spiro atoms. The predicted octanol–water partition coefficient (Wildman–Crippen LogP) is 3.51. The molecule has 2 aromatic heterocycles. The second-order valence-corrected chi connectivity index (χ2v) is 8.40. The first-order valence-electron chi connectivity index (χ1n) is 9.06. The Bertz CT molecular complexity index is 1100. The summed E-state index contributed by atoms with van der Waals surface area (Å²) < 4.78 is 21.3. The van der Waals surface area contributed by atoms with Crippen LogP contribution in [0.25, 0.3) is 5.69 Å². The SMILES string of the molecule is CC1CN(C(=O)c2ncn(-c3cccc(F)c3)n2)CCN1C(=O)c1cc(Br)c(Br)o1. The van der Waals surface area contributed by atoms with Crippen molar-refractivity contribution >= 4 is 43.7 Å². The number of piperazine rings is 1. The number of benzene rings is 1. The van der Waals surface area contributed by atoms with Gasteiger partial charge in [-0.1, -0.05) is 6.07 Å². The number of halogens is 3. The molecule has 0 N–H and O–H groups in total. The van der Waals surface area contributed by atoms with Gasteiger partial charge in [0, 0.05) is 31.7 Å². The van der Waals surface area contributed by atoms with Gasteiger partial charge in [0.05, 0.1) is 10.2 Å². The molecule has 1 unspecified atom stereocenters. The zero-order valence-corrected chi connectivity index (χ0v) is 18.9. The van der Waals surface area contributed by atoms with Crippen molar-refractivity contribution in [3.8, 4) is 5.69 Å². The van der Waals surface area contributed by atoms with Crippen LogP contribution in [0.1, 0.15) is 28.1 Å². The summed E-state index contributed by atoms with van der Waals surface area (Å²) in [6.07, 6.45) is 1.37. The summed E-state index contributed by atoms with van der Waals surface area (Å²) >= 11 is 6.53. The van der Waals surface area contributed by atoms with Crippen LogP contribution in [-0.2, 0) is 0 Å². The Labute approximate surface area is 187 Å². The molecule has 156 valence electrons. The van der Waals surface area contributed by atoms with Crippen molar-refractivity contribution in [2.24, 2.45) is 0 Å². The van der Waals surface area contributed by atoms with Crippen molar-refractivity contribution < 1.29 is 18.4 Å². The van der Waals surface area contributed by atoms with Crippen LogP contribution in [0.3, 0.4) is 0 Å². The van der Waals surface area contributed by atoms with E-state index in [0.29, 0.717) is 34.5 Å². The maximum absolute atomic E-state index is 13.4. The summed E-state index contributed by atoms with van der Waals surface area (Å²) in [5.41, 5.74) is 0.473. The third kappa shape index (κ3) is 4.04. The van der Waals surface area contributed by atoms with Gasteiger partial charge in [-0.05, 0) is 57.0 Å². The van der Waals surface area contributed by atoms with Gasteiger partial charge >= 0.3 is 0 Å².